The van der Waals surface area contributed by atoms with Crippen LogP contribution in [0, 0.1) is 0 Å². The lowest BCUT2D eigenvalue weighted by atomic mass is 10.1. The minimum absolute atomic E-state index is 0.0712. The molecule has 0 bridgehead atoms. The maximum absolute atomic E-state index is 13.0. The molecule has 0 unspecified atom stereocenters. The maximum atomic E-state index is 13.0. The van der Waals surface area contributed by atoms with Gasteiger partial charge in [-0.25, -0.2) is 0 Å². The van der Waals surface area contributed by atoms with Crippen molar-refractivity contribution in [1.82, 2.24) is 9.80 Å². The van der Waals surface area contributed by atoms with Gasteiger partial charge in [0.2, 0.25) is 0 Å². The SMILES string of the molecule is CN1CCN(C(=O)c2cc(-c3ccc(C=C4C(=O)Nc5ccccc54)o3)ccc2Cl)CC1. The number of nitrogens with zero attached hydrogens (tertiary/aromatic N) is 2. The number of anilines is 1. The van der Waals surface area contributed by atoms with Crippen molar-refractivity contribution < 1.29 is 14.0 Å². The van der Waals surface area contributed by atoms with E-state index in [1.807, 2.05) is 54.4 Å². The molecule has 1 aromatic heterocycles. The van der Waals surface area contributed by atoms with E-state index in [2.05, 4.69) is 10.2 Å². The molecule has 3 heterocycles. The first-order valence-corrected chi connectivity index (χ1v) is 10.9. The van der Waals surface area contributed by atoms with Crippen LogP contribution in [-0.4, -0.2) is 54.8 Å². The zero-order chi connectivity index (χ0) is 22.2. The summed E-state index contributed by atoms with van der Waals surface area (Å²) in [6.45, 7) is 3.04. The lowest BCUT2D eigenvalue weighted by molar-refractivity contribution is -0.110. The fourth-order valence-electron chi connectivity index (χ4n) is 4.03. The highest BCUT2D eigenvalue weighted by atomic mass is 35.5. The summed E-state index contributed by atoms with van der Waals surface area (Å²) in [7, 11) is 2.05. The highest BCUT2D eigenvalue weighted by molar-refractivity contribution is 6.35. The number of piperazine rings is 1. The second-order valence-corrected chi connectivity index (χ2v) is 8.46. The molecule has 7 heteroatoms. The number of benzene rings is 2. The summed E-state index contributed by atoms with van der Waals surface area (Å²) in [5.74, 6) is 0.935. The molecule has 0 radical (unpaired) electrons. The lowest BCUT2D eigenvalue weighted by Crippen LogP contribution is -2.47. The van der Waals surface area contributed by atoms with Crippen LogP contribution in [0.4, 0.5) is 5.69 Å². The molecule has 0 aliphatic carbocycles. The number of fused-ring (bicyclic) bond motifs is 1. The Bertz CT molecular complexity index is 1240. The number of likely N-dealkylation sites (N-methyl/N-ethyl adjacent to an activating group) is 1. The summed E-state index contributed by atoms with van der Waals surface area (Å²) in [4.78, 5) is 29.4. The number of hydrogen-bond acceptors (Lipinski definition) is 4. The number of carbonyl (C=O) groups is 2. The van der Waals surface area contributed by atoms with Crippen molar-refractivity contribution in [3.8, 4) is 11.3 Å². The molecule has 6 nitrogen and oxygen atoms in total. The molecule has 32 heavy (non-hydrogen) atoms. The van der Waals surface area contributed by atoms with E-state index in [1.54, 1.807) is 18.2 Å². The molecule has 2 aliphatic heterocycles. The number of furan rings is 1. The Labute approximate surface area is 191 Å². The van der Waals surface area contributed by atoms with Crippen LogP contribution in [0.3, 0.4) is 0 Å². The largest absolute Gasteiger partial charge is 0.457 e. The van der Waals surface area contributed by atoms with Crippen LogP contribution >= 0.6 is 11.6 Å². The Kier molecular flexibility index (Phi) is 5.33. The van der Waals surface area contributed by atoms with Gasteiger partial charge >= 0.3 is 0 Å². The first-order chi connectivity index (χ1) is 15.5. The van der Waals surface area contributed by atoms with Crippen LogP contribution in [0.5, 0.6) is 0 Å². The van der Waals surface area contributed by atoms with Gasteiger partial charge in [0.05, 0.1) is 16.2 Å². The number of amides is 2. The molecule has 1 N–H and O–H groups in total. The average molecular weight is 448 g/mol. The summed E-state index contributed by atoms with van der Waals surface area (Å²) in [5, 5.41) is 3.28. The molecule has 2 aliphatic rings. The number of para-hydroxylation sites is 1. The molecule has 0 atom stereocenters. The lowest BCUT2D eigenvalue weighted by Gasteiger charge is -2.32. The van der Waals surface area contributed by atoms with Crippen LogP contribution in [0.2, 0.25) is 5.02 Å². The Morgan fingerprint density at radius 1 is 1.06 bits per heavy atom. The second-order valence-electron chi connectivity index (χ2n) is 8.05. The van der Waals surface area contributed by atoms with Gasteiger partial charge in [-0.05, 0) is 49.5 Å². The van der Waals surface area contributed by atoms with Gasteiger partial charge in [0.1, 0.15) is 11.5 Å². The molecule has 1 fully saturated rings. The van der Waals surface area contributed by atoms with Gasteiger partial charge in [-0.15, -0.1) is 0 Å². The Morgan fingerprint density at radius 2 is 1.84 bits per heavy atom. The van der Waals surface area contributed by atoms with Crippen LogP contribution in [-0.2, 0) is 4.79 Å². The molecular formula is C25H22ClN3O3. The number of halogens is 1. The smallest absolute Gasteiger partial charge is 0.256 e. The highest BCUT2D eigenvalue weighted by Gasteiger charge is 2.25. The van der Waals surface area contributed by atoms with E-state index < -0.39 is 0 Å². The minimum atomic E-state index is -0.157. The molecule has 0 spiro atoms. The molecule has 162 valence electrons. The monoisotopic (exact) mass is 447 g/mol. The van der Waals surface area contributed by atoms with Crippen LogP contribution in [0.1, 0.15) is 21.7 Å². The first-order valence-electron chi connectivity index (χ1n) is 10.5. The third kappa shape index (κ3) is 3.83. The molecule has 2 aromatic carbocycles. The second kappa shape index (κ2) is 8.30. The van der Waals surface area contributed by atoms with Gasteiger partial charge in [-0.3, -0.25) is 9.59 Å². The fourth-order valence-corrected chi connectivity index (χ4v) is 4.23. The molecular weight excluding hydrogens is 426 g/mol. The number of nitrogens with one attached hydrogen (secondary N) is 1. The standard InChI is InChI=1S/C25H22ClN3O3/c1-28-10-12-29(13-11-28)25(31)20-14-16(6-8-21(20)26)23-9-7-17(32-23)15-19-18-4-2-3-5-22(18)27-24(19)30/h2-9,14-15H,10-13H2,1H3,(H,27,30). The van der Waals surface area contributed by atoms with E-state index in [0.717, 1.165) is 29.9 Å². The van der Waals surface area contributed by atoms with Crippen molar-refractivity contribution in [2.75, 3.05) is 38.5 Å². The summed E-state index contributed by atoms with van der Waals surface area (Å²) in [6.07, 6.45) is 1.73. The summed E-state index contributed by atoms with van der Waals surface area (Å²) in [6, 6.07) is 16.5. The normalized spacial score (nSPS) is 17.5. The quantitative estimate of drug-likeness (QED) is 0.601. The number of rotatable bonds is 3. The molecule has 3 aromatic rings. The van der Waals surface area contributed by atoms with Crippen LogP contribution in [0.25, 0.3) is 23.0 Å². The third-order valence-electron chi connectivity index (χ3n) is 5.90. The van der Waals surface area contributed by atoms with E-state index in [-0.39, 0.29) is 11.8 Å². The van der Waals surface area contributed by atoms with Gasteiger partial charge in [-0.2, -0.15) is 0 Å². The zero-order valence-electron chi connectivity index (χ0n) is 17.6. The molecule has 1 saturated heterocycles. The summed E-state index contributed by atoms with van der Waals surface area (Å²) >= 11 is 6.37. The topological polar surface area (TPSA) is 65.8 Å². The molecule has 2 amide bonds. The zero-order valence-corrected chi connectivity index (χ0v) is 18.4. The van der Waals surface area contributed by atoms with Gasteiger partial charge in [0, 0.05) is 43.0 Å². The molecule has 0 saturated carbocycles. The summed E-state index contributed by atoms with van der Waals surface area (Å²) < 4.78 is 6.00. The van der Waals surface area contributed by atoms with Crippen molar-refractivity contribution >= 4 is 40.8 Å². The Hall–Kier alpha value is -3.35. The van der Waals surface area contributed by atoms with Crippen molar-refractivity contribution in [3.05, 3.63) is 76.5 Å². The van der Waals surface area contributed by atoms with Crippen LogP contribution in [0.15, 0.2) is 59.0 Å². The van der Waals surface area contributed by atoms with Gasteiger partial charge in [0.25, 0.3) is 11.8 Å². The van der Waals surface area contributed by atoms with Crippen molar-refractivity contribution in [1.29, 1.82) is 0 Å². The predicted octanol–water partition coefficient (Wildman–Crippen LogP) is 4.48. The fraction of sp³-hybridized carbons (Fsp3) is 0.200. The van der Waals surface area contributed by atoms with Crippen LogP contribution < -0.4 is 5.32 Å². The average Bonchev–Trinajstić information content (AvgIpc) is 3.39. The number of hydrogen-bond donors (Lipinski definition) is 1. The van der Waals surface area contributed by atoms with Gasteiger partial charge in [0.15, 0.2) is 0 Å². The van der Waals surface area contributed by atoms with E-state index in [1.165, 1.54) is 0 Å². The maximum Gasteiger partial charge on any atom is 0.256 e. The minimum Gasteiger partial charge on any atom is -0.457 e. The van der Waals surface area contributed by atoms with Crippen molar-refractivity contribution in [2.24, 2.45) is 0 Å². The van der Waals surface area contributed by atoms with E-state index in [4.69, 9.17) is 16.0 Å². The molecule has 5 rings (SSSR count). The third-order valence-corrected chi connectivity index (χ3v) is 6.22. The van der Waals surface area contributed by atoms with Gasteiger partial charge in [-0.1, -0.05) is 29.8 Å². The predicted molar refractivity (Wildman–Crippen MR) is 125 cm³/mol. The highest BCUT2D eigenvalue weighted by Crippen LogP contribution is 2.34. The Balaban J connectivity index is 1.42. The Morgan fingerprint density at radius 3 is 2.66 bits per heavy atom. The van der Waals surface area contributed by atoms with E-state index in [0.29, 0.717) is 40.8 Å². The van der Waals surface area contributed by atoms with E-state index in [9.17, 15) is 9.59 Å². The summed E-state index contributed by atoms with van der Waals surface area (Å²) in [5.41, 5.74) is 3.42. The van der Waals surface area contributed by atoms with Crippen molar-refractivity contribution in [2.45, 2.75) is 0 Å². The first kappa shape index (κ1) is 20.5. The van der Waals surface area contributed by atoms with E-state index >= 15 is 0 Å². The van der Waals surface area contributed by atoms with Gasteiger partial charge < -0.3 is 19.5 Å². The van der Waals surface area contributed by atoms with Crippen molar-refractivity contribution in [3.63, 3.8) is 0 Å². The number of carbonyl (C=O) groups excluding carboxylic acids is 2.